The Bertz CT molecular complexity index is 1420. The van der Waals surface area contributed by atoms with Crippen LogP contribution in [0.3, 0.4) is 0 Å². The Morgan fingerprint density at radius 1 is 1.14 bits per heavy atom. The van der Waals surface area contributed by atoms with Crippen molar-refractivity contribution >= 4 is 5.82 Å². The number of rotatable bonds is 2. The lowest BCUT2D eigenvalue weighted by molar-refractivity contribution is -0.0967. The van der Waals surface area contributed by atoms with Crippen LogP contribution < -0.4 is 5.73 Å². The van der Waals surface area contributed by atoms with E-state index >= 15 is 4.39 Å². The molecule has 35 heavy (non-hydrogen) atoms. The number of nitrogens with two attached hydrogens (primary N) is 1. The van der Waals surface area contributed by atoms with Crippen LogP contribution in [0.4, 0.5) is 27.8 Å². The minimum atomic E-state index is -3.61. The minimum Gasteiger partial charge on any atom is -0.383 e. The van der Waals surface area contributed by atoms with Crippen molar-refractivity contribution < 1.29 is 27.1 Å². The Balaban J connectivity index is 1.80. The van der Waals surface area contributed by atoms with E-state index in [0.717, 1.165) is 18.2 Å². The minimum absolute atomic E-state index is 0.0136. The molecule has 0 unspecified atom stereocenters. The Morgan fingerprint density at radius 3 is 2.57 bits per heavy atom. The third-order valence-electron chi connectivity index (χ3n) is 6.83. The second-order valence-electron chi connectivity index (χ2n) is 8.94. The molecule has 2 aliphatic rings. The first-order chi connectivity index (χ1) is 16.5. The number of anilines is 1. The van der Waals surface area contributed by atoms with E-state index in [1.165, 1.54) is 6.20 Å². The van der Waals surface area contributed by atoms with Crippen LogP contribution in [-0.4, -0.2) is 21.0 Å². The summed E-state index contributed by atoms with van der Waals surface area (Å²) >= 11 is 0. The van der Waals surface area contributed by atoms with Gasteiger partial charge in [0.2, 0.25) is 0 Å². The van der Waals surface area contributed by atoms with Gasteiger partial charge in [0.15, 0.2) is 0 Å². The number of alkyl halides is 3. The van der Waals surface area contributed by atoms with Crippen LogP contribution in [0.1, 0.15) is 70.2 Å². The van der Waals surface area contributed by atoms with Crippen molar-refractivity contribution in [1.82, 2.24) is 9.97 Å². The third kappa shape index (κ3) is 3.53. The average molecular weight is 486 g/mol. The molecule has 0 saturated heterocycles. The molecule has 1 aromatic heterocycles. The van der Waals surface area contributed by atoms with Crippen LogP contribution in [0, 0.1) is 29.9 Å². The Kier molecular flexibility index (Phi) is 5.29. The molecular formula is C25H19F5N4O. The molecule has 2 aromatic carbocycles. The summed E-state index contributed by atoms with van der Waals surface area (Å²) in [5.41, 5.74) is 5.25. The summed E-state index contributed by atoms with van der Waals surface area (Å²) < 4.78 is 74.1. The summed E-state index contributed by atoms with van der Waals surface area (Å²) in [5, 5.41) is 20.1. The normalized spacial score (nSPS) is 22.4. The van der Waals surface area contributed by atoms with Gasteiger partial charge in [0.25, 0.3) is 5.92 Å². The van der Waals surface area contributed by atoms with Gasteiger partial charge in [-0.15, -0.1) is 0 Å². The van der Waals surface area contributed by atoms with Gasteiger partial charge in [-0.2, -0.15) is 5.26 Å². The molecule has 0 amide bonds. The third-order valence-corrected chi connectivity index (χ3v) is 6.83. The average Bonchev–Trinajstić information content (AvgIpc) is 3.03. The fraction of sp³-hybridized carbons (Fsp3) is 0.320. The fourth-order valence-electron chi connectivity index (χ4n) is 5.34. The van der Waals surface area contributed by atoms with Crippen LogP contribution >= 0.6 is 0 Å². The van der Waals surface area contributed by atoms with Crippen molar-refractivity contribution in [2.24, 2.45) is 0 Å². The molecule has 3 atom stereocenters. The van der Waals surface area contributed by atoms with E-state index in [9.17, 15) is 27.9 Å². The highest BCUT2D eigenvalue weighted by atomic mass is 19.3. The maximum atomic E-state index is 15.7. The maximum absolute atomic E-state index is 15.7. The van der Waals surface area contributed by atoms with Crippen molar-refractivity contribution in [1.29, 1.82) is 5.26 Å². The molecule has 5 rings (SSSR count). The first-order valence-corrected chi connectivity index (χ1v) is 10.9. The number of nitriles is 1. The quantitative estimate of drug-likeness (QED) is 0.477. The first kappa shape index (κ1) is 23.2. The lowest BCUT2D eigenvalue weighted by Gasteiger charge is -2.31. The molecule has 10 heteroatoms. The van der Waals surface area contributed by atoms with Crippen molar-refractivity contribution in [3.05, 3.63) is 75.2 Å². The highest BCUT2D eigenvalue weighted by molar-refractivity contribution is 5.79. The Labute approximate surface area is 197 Å². The second kappa shape index (κ2) is 7.99. The number of hydrogen-bond donors (Lipinski definition) is 2. The van der Waals surface area contributed by atoms with Crippen molar-refractivity contribution in [2.75, 3.05) is 5.73 Å². The smallest absolute Gasteiger partial charge is 0.281 e. The van der Waals surface area contributed by atoms with Gasteiger partial charge in [0, 0.05) is 35.2 Å². The number of benzene rings is 2. The molecule has 0 aliphatic heterocycles. The van der Waals surface area contributed by atoms with Gasteiger partial charge in [-0.3, -0.25) is 0 Å². The van der Waals surface area contributed by atoms with E-state index in [2.05, 4.69) is 9.97 Å². The summed E-state index contributed by atoms with van der Waals surface area (Å²) in [7, 11) is 0. The maximum Gasteiger partial charge on any atom is 0.281 e. The number of halogens is 5. The van der Waals surface area contributed by atoms with Crippen LogP contribution in [0.5, 0.6) is 0 Å². The van der Waals surface area contributed by atoms with Crippen LogP contribution in [0.2, 0.25) is 0 Å². The Hall–Kier alpha value is -3.58. The molecule has 2 aliphatic carbocycles. The zero-order valence-corrected chi connectivity index (χ0v) is 18.4. The molecule has 0 spiro atoms. The van der Waals surface area contributed by atoms with E-state index in [4.69, 9.17) is 5.73 Å². The highest BCUT2D eigenvalue weighted by Crippen LogP contribution is 2.54. The van der Waals surface area contributed by atoms with Crippen LogP contribution in [0.15, 0.2) is 24.4 Å². The zero-order chi connectivity index (χ0) is 25.2. The highest BCUT2D eigenvalue weighted by Gasteiger charge is 2.51. The van der Waals surface area contributed by atoms with Gasteiger partial charge in [-0.05, 0) is 60.2 Å². The molecular weight excluding hydrogens is 467 g/mol. The number of aliphatic hydroxyl groups is 1. The summed E-state index contributed by atoms with van der Waals surface area (Å²) in [6.45, 7) is 1.56. The summed E-state index contributed by atoms with van der Waals surface area (Å²) in [6, 6.07) is 4.82. The summed E-state index contributed by atoms with van der Waals surface area (Å²) in [5.74, 6) is -6.05. The fourth-order valence-corrected chi connectivity index (χ4v) is 5.34. The lowest BCUT2D eigenvalue weighted by atomic mass is 9.74. The van der Waals surface area contributed by atoms with E-state index in [-0.39, 0.29) is 63.2 Å². The zero-order valence-electron chi connectivity index (χ0n) is 18.4. The number of hydrogen-bond acceptors (Lipinski definition) is 5. The molecule has 3 N–H and O–H groups in total. The van der Waals surface area contributed by atoms with Crippen LogP contribution in [0.25, 0.3) is 11.1 Å². The molecule has 180 valence electrons. The van der Waals surface area contributed by atoms with E-state index in [0.29, 0.717) is 5.82 Å². The van der Waals surface area contributed by atoms with Gasteiger partial charge in [-0.25, -0.2) is 31.9 Å². The van der Waals surface area contributed by atoms with E-state index < -0.39 is 42.2 Å². The van der Waals surface area contributed by atoms with E-state index in [1.54, 1.807) is 6.92 Å². The van der Waals surface area contributed by atoms with Gasteiger partial charge < -0.3 is 10.8 Å². The lowest BCUT2D eigenvalue weighted by Crippen LogP contribution is -2.22. The largest absolute Gasteiger partial charge is 0.383 e. The number of nitrogens with zero attached hydrogens (tertiary/aromatic N) is 3. The van der Waals surface area contributed by atoms with Gasteiger partial charge >= 0.3 is 0 Å². The standard InChI is InChI=1S/C25H19F5N4O/c1-10-33-9-17(24(32)34-10)21-19(28)6-14(16-7-25(29,30)23(35)22(16)21)13-2-3-18(27)15-5-12(26)4-11(8-31)20(13)15/h4-6,9,13,18,23,35H,2-3,7H2,1H3,(H2,32,33,34)/t13-,18+,23+/m1/s1. The van der Waals surface area contributed by atoms with Gasteiger partial charge in [0.1, 0.15) is 35.6 Å². The number of aryl methyl sites for hydroxylation is 1. The second-order valence-corrected chi connectivity index (χ2v) is 8.94. The predicted molar refractivity (Wildman–Crippen MR) is 116 cm³/mol. The van der Waals surface area contributed by atoms with Gasteiger partial charge in [-0.1, -0.05) is 0 Å². The molecule has 1 heterocycles. The molecule has 0 fully saturated rings. The Morgan fingerprint density at radius 2 is 1.89 bits per heavy atom. The molecule has 3 aromatic rings. The molecule has 5 nitrogen and oxygen atoms in total. The number of fused-ring (bicyclic) bond motifs is 2. The summed E-state index contributed by atoms with van der Waals surface area (Å²) in [6.07, 6.45) is -3.56. The van der Waals surface area contributed by atoms with Crippen LogP contribution in [-0.2, 0) is 6.42 Å². The van der Waals surface area contributed by atoms with Crippen molar-refractivity contribution in [3.8, 4) is 17.2 Å². The first-order valence-electron chi connectivity index (χ1n) is 10.9. The molecule has 0 radical (unpaired) electrons. The van der Waals surface area contributed by atoms with Crippen molar-refractivity contribution in [2.45, 2.75) is 50.3 Å². The van der Waals surface area contributed by atoms with Gasteiger partial charge in [0.05, 0.1) is 11.6 Å². The number of nitrogen functional groups attached to an aromatic ring is 1. The van der Waals surface area contributed by atoms with Crippen molar-refractivity contribution in [3.63, 3.8) is 0 Å². The number of aliphatic hydroxyl groups excluding tert-OH is 1. The predicted octanol–water partition coefficient (Wildman–Crippen LogP) is 5.35. The van der Waals surface area contributed by atoms with E-state index in [1.807, 2.05) is 6.07 Å². The molecule has 0 saturated carbocycles. The topological polar surface area (TPSA) is 95.8 Å². The molecule has 0 bridgehead atoms. The monoisotopic (exact) mass is 486 g/mol. The summed E-state index contributed by atoms with van der Waals surface area (Å²) in [4.78, 5) is 7.96. The SMILES string of the molecule is Cc1ncc(-c2c(F)cc([C@H]3CC[C@H](F)c4cc(F)cc(C#N)c43)c3c2[C@H](O)C(F)(F)C3)c(N)n1. The number of aromatic nitrogens is 2.